The van der Waals surface area contributed by atoms with E-state index in [1.54, 1.807) is 6.08 Å². The number of aliphatic hydroxyl groups is 2. The van der Waals surface area contributed by atoms with Crippen LogP contribution in [0.15, 0.2) is 85.5 Å². The molecule has 0 radical (unpaired) electrons. The summed E-state index contributed by atoms with van der Waals surface area (Å²) in [7, 11) is -2.56. The van der Waals surface area contributed by atoms with Crippen LogP contribution in [0, 0.1) is 11.8 Å². The quantitative estimate of drug-likeness (QED) is 0.384. The smallest absolute Gasteiger partial charge is 0.261 e. The molecular formula is C28H40O3Si. The average molecular weight is 453 g/mol. The van der Waals surface area contributed by atoms with Crippen LogP contribution in [0.2, 0.25) is 5.04 Å². The zero-order valence-corrected chi connectivity index (χ0v) is 21.2. The summed E-state index contributed by atoms with van der Waals surface area (Å²) in [6, 6.07) is 21.1. The minimum absolute atomic E-state index is 0.0423. The summed E-state index contributed by atoms with van der Waals surface area (Å²) in [5.74, 6) is -0.122. The van der Waals surface area contributed by atoms with Gasteiger partial charge >= 0.3 is 0 Å². The molecule has 0 aromatic heterocycles. The zero-order valence-electron chi connectivity index (χ0n) is 20.2. The van der Waals surface area contributed by atoms with Crippen LogP contribution in [0.25, 0.3) is 0 Å². The maximum Gasteiger partial charge on any atom is 0.261 e. The van der Waals surface area contributed by atoms with E-state index in [4.69, 9.17) is 4.43 Å². The molecule has 0 spiro atoms. The van der Waals surface area contributed by atoms with E-state index < -0.39 is 20.5 Å². The molecule has 0 amide bonds. The molecule has 2 N–H and O–H groups in total. The molecule has 0 aliphatic heterocycles. The third kappa shape index (κ3) is 6.29. The van der Waals surface area contributed by atoms with Gasteiger partial charge in [-0.05, 0) is 21.3 Å². The van der Waals surface area contributed by atoms with Crippen LogP contribution in [-0.4, -0.2) is 37.3 Å². The Bertz CT molecular complexity index is 802. The lowest BCUT2D eigenvalue weighted by Crippen LogP contribution is -2.66. The van der Waals surface area contributed by atoms with E-state index >= 15 is 0 Å². The van der Waals surface area contributed by atoms with Gasteiger partial charge in [0.2, 0.25) is 0 Å². The predicted molar refractivity (Wildman–Crippen MR) is 138 cm³/mol. The third-order valence-corrected chi connectivity index (χ3v) is 11.3. The largest absolute Gasteiger partial charge is 0.404 e. The maximum atomic E-state index is 10.5. The molecule has 32 heavy (non-hydrogen) atoms. The third-order valence-electron chi connectivity index (χ3n) is 6.32. The van der Waals surface area contributed by atoms with E-state index in [2.05, 4.69) is 75.9 Å². The van der Waals surface area contributed by atoms with Crippen LogP contribution in [0.1, 0.15) is 41.0 Å². The van der Waals surface area contributed by atoms with Gasteiger partial charge in [0.15, 0.2) is 0 Å². The Balaban J connectivity index is 2.22. The SMILES string of the molecule is C=C[C@@H](C)[C@@H](O)C[C@H](O)[C@H](C)/C=C/CO[Si](c1ccccc1)(c1ccccc1)C(C)(C)C. The van der Waals surface area contributed by atoms with Crippen molar-refractivity contribution in [3.8, 4) is 0 Å². The van der Waals surface area contributed by atoms with Crippen LogP contribution >= 0.6 is 0 Å². The first-order valence-electron chi connectivity index (χ1n) is 11.5. The summed E-state index contributed by atoms with van der Waals surface area (Å²) in [5, 5.41) is 23.1. The number of benzene rings is 2. The number of hydrogen-bond acceptors (Lipinski definition) is 3. The van der Waals surface area contributed by atoms with E-state index in [1.165, 1.54) is 10.4 Å². The van der Waals surface area contributed by atoms with E-state index in [0.29, 0.717) is 13.0 Å². The Kier molecular flexibility index (Phi) is 9.65. The Morgan fingerprint density at radius 1 is 0.875 bits per heavy atom. The first-order chi connectivity index (χ1) is 15.1. The predicted octanol–water partition coefficient (Wildman–Crippen LogP) is 4.69. The standard InChI is InChI=1S/C28H40O3Si/c1-7-22(2)26(29)21-27(30)23(3)15-14-20-31-32(28(4,5)6,24-16-10-8-11-17-24)25-18-12-9-13-19-25/h7-19,22-23,26-27,29-30H,1,20-21H2,2-6H3/b15-14+/t22-,23-,26+,27+/m1/s1. The molecule has 2 rings (SSSR count). The minimum atomic E-state index is -2.56. The number of hydrogen-bond donors (Lipinski definition) is 2. The molecule has 4 atom stereocenters. The number of aliphatic hydroxyl groups excluding tert-OH is 2. The van der Waals surface area contributed by atoms with Gasteiger partial charge in [0, 0.05) is 12.3 Å². The Morgan fingerprint density at radius 3 is 1.78 bits per heavy atom. The van der Waals surface area contributed by atoms with Gasteiger partial charge in [0.25, 0.3) is 8.32 Å². The topological polar surface area (TPSA) is 49.7 Å². The van der Waals surface area contributed by atoms with Crippen LogP contribution in [0.3, 0.4) is 0 Å². The lowest BCUT2D eigenvalue weighted by atomic mass is 9.93. The molecule has 0 heterocycles. The molecule has 0 saturated heterocycles. The summed E-state index contributed by atoms with van der Waals surface area (Å²) in [5.41, 5.74) is 0. The first kappa shape index (κ1) is 26.3. The molecule has 0 unspecified atom stereocenters. The summed E-state index contributed by atoms with van der Waals surface area (Å²) in [6.45, 7) is 14.8. The fraction of sp³-hybridized carbons (Fsp3) is 0.429. The lowest BCUT2D eigenvalue weighted by Gasteiger charge is -2.42. The van der Waals surface area contributed by atoms with Crippen molar-refractivity contribution >= 4 is 18.7 Å². The van der Waals surface area contributed by atoms with Gasteiger partial charge in [0.1, 0.15) is 0 Å². The van der Waals surface area contributed by atoms with E-state index in [9.17, 15) is 10.2 Å². The van der Waals surface area contributed by atoms with Gasteiger partial charge in [-0.2, -0.15) is 0 Å². The van der Waals surface area contributed by atoms with E-state index in [1.807, 2.05) is 38.1 Å². The zero-order chi connectivity index (χ0) is 23.8. The van der Waals surface area contributed by atoms with Crippen molar-refractivity contribution in [2.45, 2.75) is 58.3 Å². The molecule has 4 heteroatoms. The molecule has 3 nitrogen and oxygen atoms in total. The molecule has 0 fully saturated rings. The van der Waals surface area contributed by atoms with Crippen LogP contribution in [0.5, 0.6) is 0 Å². The lowest BCUT2D eigenvalue weighted by molar-refractivity contribution is 0.0440. The molecule has 0 aliphatic carbocycles. The fourth-order valence-electron chi connectivity index (χ4n) is 4.17. The molecule has 2 aromatic rings. The Labute approximate surface area is 195 Å². The van der Waals surface area contributed by atoms with Crippen molar-refractivity contribution in [1.29, 1.82) is 0 Å². The second-order valence-electron chi connectivity index (χ2n) is 9.73. The monoisotopic (exact) mass is 452 g/mol. The van der Waals surface area contributed by atoms with Gasteiger partial charge in [-0.1, -0.05) is 114 Å². The average Bonchev–Trinajstić information content (AvgIpc) is 2.78. The van der Waals surface area contributed by atoms with Crippen LogP contribution in [-0.2, 0) is 4.43 Å². The van der Waals surface area contributed by atoms with Crippen LogP contribution < -0.4 is 10.4 Å². The molecular weight excluding hydrogens is 412 g/mol. The first-order valence-corrected chi connectivity index (χ1v) is 13.4. The molecule has 0 saturated carbocycles. The van der Waals surface area contributed by atoms with Gasteiger partial charge < -0.3 is 14.6 Å². The molecule has 174 valence electrons. The Hall–Kier alpha value is -1.98. The normalized spacial score (nSPS) is 16.5. The van der Waals surface area contributed by atoms with Crippen LogP contribution in [0.4, 0.5) is 0 Å². The highest BCUT2D eigenvalue weighted by molar-refractivity contribution is 6.99. The molecule has 2 aromatic carbocycles. The van der Waals surface area contributed by atoms with Crippen molar-refractivity contribution in [1.82, 2.24) is 0 Å². The van der Waals surface area contributed by atoms with Gasteiger partial charge in [0.05, 0.1) is 18.8 Å². The van der Waals surface area contributed by atoms with Crippen molar-refractivity contribution in [2.75, 3.05) is 6.61 Å². The second kappa shape index (κ2) is 11.8. The summed E-state index contributed by atoms with van der Waals surface area (Å²) >= 11 is 0. The summed E-state index contributed by atoms with van der Waals surface area (Å²) in [6.07, 6.45) is 4.84. The maximum absolute atomic E-state index is 10.5. The minimum Gasteiger partial charge on any atom is -0.404 e. The van der Waals surface area contributed by atoms with E-state index in [0.717, 1.165) is 0 Å². The highest BCUT2D eigenvalue weighted by atomic mass is 28.4. The molecule has 0 aliphatic rings. The summed E-state index contributed by atoms with van der Waals surface area (Å²) in [4.78, 5) is 0. The van der Waals surface area contributed by atoms with Crippen molar-refractivity contribution < 1.29 is 14.6 Å². The second-order valence-corrected chi connectivity index (χ2v) is 14.0. The van der Waals surface area contributed by atoms with Crippen molar-refractivity contribution in [3.05, 3.63) is 85.5 Å². The fourth-order valence-corrected chi connectivity index (χ4v) is 8.67. The van der Waals surface area contributed by atoms with Crippen molar-refractivity contribution in [3.63, 3.8) is 0 Å². The highest BCUT2D eigenvalue weighted by Crippen LogP contribution is 2.36. The number of rotatable bonds is 11. The van der Waals surface area contributed by atoms with Gasteiger partial charge in [-0.15, -0.1) is 6.58 Å². The van der Waals surface area contributed by atoms with Gasteiger partial charge in [-0.25, -0.2) is 0 Å². The highest BCUT2D eigenvalue weighted by Gasteiger charge is 2.49. The van der Waals surface area contributed by atoms with Crippen molar-refractivity contribution in [2.24, 2.45) is 11.8 Å². The van der Waals surface area contributed by atoms with E-state index in [-0.39, 0.29) is 16.9 Å². The Morgan fingerprint density at radius 2 is 1.34 bits per heavy atom. The molecule has 0 bridgehead atoms. The van der Waals surface area contributed by atoms with Gasteiger partial charge in [-0.3, -0.25) is 0 Å². The summed E-state index contributed by atoms with van der Waals surface area (Å²) < 4.78 is 6.84.